The zero-order valence-corrected chi connectivity index (χ0v) is 20.7. The highest BCUT2D eigenvalue weighted by atomic mass is 16.6. The number of rotatable bonds is 8. The van der Waals surface area contributed by atoms with E-state index in [4.69, 9.17) is 16.2 Å². The van der Waals surface area contributed by atoms with Crippen molar-refractivity contribution in [3.63, 3.8) is 0 Å². The standard InChI is InChI=1S/C25H33N7O4/c1-25(2,3)36-24(35)31-19-7-5-4-6-18(19)30-23-28-14-17(21(27)34)22(32-23)29-16-10-8-15(9-11-16)20(33)12-13-26/h8-14,18-19H,4-7,26H2,1-3H3,(H2,27,34)(H,31,35)(H2,28,29,30,32)/t18-,19+/m1/s1. The van der Waals surface area contributed by atoms with Gasteiger partial charge in [0.2, 0.25) is 5.95 Å². The van der Waals surface area contributed by atoms with Crippen molar-refractivity contribution in [2.24, 2.45) is 11.5 Å². The average Bonchev–Trinajstić information content (AvgIpc) is 2.80. The Kier molecular flexibility index (Phi) is 8.46. The van der Waals surface area contributed by atoms with Crippen molar-refractivity contribution in [2.45, 2.75) is 64.1 Å². The smallest absolute Gasteiger partial charge is 0.407 e. The molecule has 11 nitrogen and oxygen atoms in total. The average molecular weight is 496 g/mol. The molecule has 2 atom stereocenters. The Morgan fingerprint density at radius 1 is 1.08 bits per heavy atom. The largest absolute Gasteiger partial charge is 0.444 e. The molecule has 1 aliphatic rings. The number of carbonyl (C=O) groups is 3. The maximum atomic E-state index is 12.3. The summed E-state index contributed by atoms with van der Waals surface area (Å²) >= 11 is 0. The van der Waals surface area contributed by atoms with E-state index < -0.39 is 17.6 Å². The molecular formula is C25H33N7O4. The van der Waals surface area contributed by atoms with E-state index in [1.807, 2.05) is 20.8 Å². The third-order valence-electron chi connectivity index (χ3n) is 5.52. The molecule has 2 amide bonds. The van der Waals surface area contributed by atoms with Gasteiger partial charge < -0.3 is 32.2 Å². The molecule has 1 saturated carbocycles. The number of benzene rings is 1. The lowest BCUT2D eigenvalue weighted by Crippen LogP contribution is -2.50. The number of ketones is 1. The monoisotopic (exact) mass is 495 g/mol. The van der Waals surface area contributed by atoms with Crippen molar-refractivity contribution in [3.05, 3.63) is 53.9 Å². The molecule has 1 aromatic heterocycles. The molecule has 0 saturated heterocycles. The summed E-state index contributed by atoms with van der Waals surface area (Å²) in [6.45, 7) is 5.44. The number of primary amides is 1. The van der Waals surface area contributed by atoms with Gasteiger partial charge >= 0.3 is 6.09 Å². The molecule has 0 aliphatic heterocycles. The van der Waals surface area contributed by atoms with Crippen LogP contribution in [-0.2, 0) is 4.74 Å². The van der Waals surface area contributed by atoms with Crippen LogP contribution in [0.15, 0.2) is 42.7 Å². The third kappa shape index (κ3) is 7.42. The van der Waals surface area contributed by atoms with E-state index in [1.165, 1.54) is 18.5 Å². The van der Waals surface area contributed by atoms with Gasteiger partial charge in [-0.05, 0) is 64.1 Å². The zero-order valence-electron chi connectivity index (χ0n) is 20.7. The summed E-state index contributed by atoms with van der Waals surface area (Å²) in [5.74, 6) is -0.415. The Morgan fingerprint density at radius 3 is 2.36 bits per heavy atom. The Bertz CT molecular complexity index is 1130. The first-order valence-corrected chi connectivity index (χ1v) is 11.8. The number of aromatic nitrogens is 2. The quantitative estimate of drug-likeness (QED) is 0.272. The minimum atomic E-state index is -0.689. The highest BCUT2D eigenvalue weighted by Gasteiger charge is 2.29. The lowest BCUT2D eigenvalue weighted by Gasteiger charge is -2.33. The van der Waals surface area contributed by atoms with E-state index in [0.717, 1.165) is 25.7 Å². The number of nitrogens with one attached hydrogen (secondary N) is 3. The number of nitrogens with zero attached hydrogens (tertiary/aromatic N) is 2. The lowest BCUT2D eigenvalue weighted by atomic mass is 9.90. The van der Waals surface area contributed by atoms with Crippen molar-refractivity contribution >= 4 is 35.2 Å². The first kappa shape index (κ1) is 26.5. The van der Waals surface area contributed by atoms with Gasteiger partial charge in [-0.3, -0.25) is 9.59 Å². The second-order valence-electron chi connectivity index (χ2n) is 9.53. The predicted octanol–water partition coefficient (Wildman–Crippen LogP) is 3.22. The first-order chi connectivity index (χ1) is 17.1. The van der Waals surface area contributed by atoms with Crippen LogP contribution in [0.5, 0.6) is 0 Å². The van der Waals surface area contributed by atoms with Crippen LogP contribution in [0, 0.1) is 0 Å². The number of allylic oxidation sites excluding steroid dienone is 1. The van der Waals surface area contributed by atoms with E-state index in [0.29, 0.717) is 11.3 Å². The third-order valence-corrected chi connectivity index (χ3v) is 5.52. The summed E-state index contributed by atoms with van der Waals surface area (Å²) < 4.78 is 5.40. The Labute approximate surface area is 210 Å². The molecule has 1 fully saturated rings. The van der Waals surface area contributed by atoms with E-state index in [2.05, 4.69) is 25.9 Å². The maximum Gasteiger partial charge on any atom is 0.407 e. The van der Waals surface area contributed by atoms with E-state index in [1.54, 1.807) is 24.3 Å². The number of amides is 2. The molecule has 0 radical (unpaired) electrons. The van der Waals surface area contributed by atoms with Gasteiger partial charge in [-0.15, -0.1) is 0 Å². The van der Waals surface area contributed by atoms with Crippen LogP contribution in [0.1, 0.15) is 67.2 Å². The molecule has 1 aliphatic carbocycles. The van der Waals surface area contributed by atoms with Crippen LogP contribution >= 0.6 is 0 Å². The summed E-state index contributed by atoms with van der Waals surface area (Å²) in [6, 6.07) is 6.32. The molecule has 11 heteroatoms. The van der Waals surface area contributed by atoms with Crippen molar-refractivity contribution in [1.82, 2.24) is 15.3 Å². The van der Waals surface area contributed by atoms with Crippen molar-refractivity contribution < 1.29 is 19.1 Å². The molecule has 1 heterocycles. The van der Waals surface area contributed by atoms with Crippen LogP contribution in [0.4, 0.5) is 22.2 Å². The Balaban J connectivity index is 1.77. The number of anilines is 3. The molecule has 3 rings (SSSR count). The lowest BCUT2D eigenvalue weighted by molar-refractivity contribution is 0.0488. The zero-order chi connectivity index (χ0) is 26.3. The Morgan fingerprint density at radius 2 is 1.75 bits per heavy atom. The van der Waals surface area contributed by atoms with Gasteiger partial charge in [0.15, 0.2) is 5.78 Å². The van der Waals surface area contributed by atoms with Crippen LogP contribution in [0.3, 0.4) is 0 Å². The minimum Gasteiger partial charge on any atom is -0.444 e. The predicted molar refractivity (Wildman–Crippen MR) is 137 cm³/mol. The molecule has 0 bridgehead atoms. The second kappa shape index (κ2) is 11.5. The van der Waals surface area contributed by atoms with Gasteiger partial charge in [0.05, 0.1) is 6.04 Å². The summed E-state index contributed by atoms with van der Waals surface area (Å²) in [4.78, 5) is 45.0. The van der Waals surface area contributed by atoms with E-state index in [-0.39, 0.29) is 35.2 Å². The van der Waals surface area contributed by atoms with Gasteiger partial charge in [-0.25, -0.2) is 9.78 Å². The van der Waals surface area contributed by atoms with Gasteiger partial charge in [0.1, 0.15) is 17.0 Å². The molecule has 0 spiro atoms. The SMILES string of the molecule is CC(C)(C)OC(=O)N[C@H]1CCCC[C@H]1Nc1ncc(C(N)=O)c(Nc2ccc(C(=O)C=CN)cc2)n1. The number of hydrogen-bond donors (Lipinski definition) is 5. The molecule has 192 valence electrons. The van der Waals surface area contributed by atoms with Crippen LogP contribution in [-0.4, -0.2) is 45.4 Å². The summed E-state index contributed by atoms with van der Waals surface area (Å²) in [5, 5.41) is 9.29. The molecule has 2 aromatic rings. The topological polar surface area (TPSA) is 174 Å². The summed E-state index contributed by atoms with van der Waals surface area (Å²) in [7, 11) is 0. The molecule has 0 unspecified atom stereocenters. The minimum absolute atomic E-state index is 0.110. The fourth-order valence-corrected chi connectivity index (χ4v) is 3.87. The van der Waals surface area contributed by atoms with Gasteiger partial charge in [0.25, 0.3) is 5.91 Å². The van der Waals surface area contributed by atoms with Crippen molar-refractivity contribution in [3.8, 4) is 0 Å². The van der Waals surface area contributed by atoms with Crippen LogP contribution < -0.4 is 27.4 Å². The van der Waals surface area contributed by atoms with Crippen LogP contribution in [0.2, 0.25) is 0 Å². The summed E-state index contributed by atoms with van der Waals surface area (Å²) in [5.41, 5.74) is 11.4. The molecule has 1 aromatic carbocycles. The normalized spacial score (nSPS) is 17.9. The molecule has 7 N–H and O–H groups in total. The van der Waals surface area contributed by atoms with Crippen LogP contribution in [0.25, 0.3) is 0 Å². The fourth-order valence-electron chi connectivity index (χ4n) is 3.87. The first-order valence-electron chi connectivity index (χ1n) is 11.8. The Hall–Kier alpha value is -4.15. The number of ether oxygens (including phenoxy) is 1. The van der Waals surface area contributed by atoms with E-state index >= 15 is 0 Å². The van der Waals surface area contributed by atoms with Gasteiger partial charge in [0, 0.05) is 29.6 Å². The van der Waals surface area contributed by atoms with Gasteiger partial charge in [-0.2, -0.15) is 4.98 Å². The molecular weight excluding hydrogens is 462 g/mol. The highest BCUT2D eigenvalue weighted by molar-refractivity contribution is 6.04. The van der Waals surface area contributed by atoms with E-state index in [9.17, 15) is 14.4 Å². The summed E-state index contributed by atoms with van der Waals surface area (Å²) in [6.07, 6.45) is 6.88. The van der Waals surface area contributed by atoms with Crippen molar-refractivity contribution in [1.29, 1.82) is 0 Å². The fraction of sp³-hybridized carbons (Fsp3) is 0.400. The number of carbonyl (C=O) groups excluding carboxylic acids is 3. The van der Waals surface area contributed by atoms with Crippen molar-refractivity contribution in [2.75, 3.05) is 10.6 Å². The second-order valence-corrected chi connectivity index (χ2v) is 9.53. The maximum absolute atomic E-state index is 12.3. The van der Waals surface area contributed by atoms with Gasteiger partial charge in [-0.1, -0.05) is 12.8 Å². The molecule has 36 heavy (non-hydrogen) atoms. The number of nitrogens with two attached hydrogens (primary N) is 2. The number of alkyl carbamates (subject to hydrolysis) is 1. The number of hydrogen-bond acceptors (Lipinski definition) is 9. The highest BCUT2D eigenvalue weighted by Crippen LogP contribution is 2.24.